The minimum atomic E-state index is 0.153. The first-order chi connectivity index (χ1) is 6.49. The molecule has 1 aromatic rings. The molecule has 0 saturated heterocycles. The van der Waals surface area contributed by atoms with Crippen LogP contribution in [0, 0.1) is 0 Å². The first-order valence-electron chi connectivity index (χ1n) is 4.93. The summed E-state index contributed by atoms with van der Waals surface area (Å²) in [5.74, 6) is 0.980. The van der Waals surface area contributed by atoms with Crippen molar-refractivity contribution in [3.05, 3.63) is 35.9 Å². The Labute approximate surface area is 91.1 Å². The molecule has 1 rings (SSSR count). The molecule has 0 amide bonds. The van der Waals surface area contributed by atoms with Gasteiger partial charge in [0, 0.05) is 16.5 Å². The maximum Gasteiger partial charge on any atom is 0.0386 e. The maximum atomic E-state index is 6.08. The summed E-state index contributed by atoms with van der Waals surface area (Å²) in [5, 5.41) is 0. The first kappa shape index (κ1) is 11.6. The molecule has 2 heteroatoms. The molecule has 2 N–H and O–H groups in total. The number of hydrogen-bond donors (Lipinski definition) is 1. The third kappa shape index (κ3) is 4.16. The standard InChI is InChI=1S/C12H19NS/c1-12(2,3)14-9-11(13)10-7-5-4-6-8-10/h4-8,11H,9,13H2,1-3H3. The Bertz CT molecular complexity index is 263. The van der Waals surface area contributed by atoms with Crippen LogP contribution in [0.15, 0.2) is 30.3 Å². The lowest BCUT2D eigenvalue weighted by Gasteiger charge is -2.20. The number of benzene rings is 1. The molecule has 78 valence electrons. The fraction of sp³-hybridized carbons (Fsp3) is 0.500. The molecule has 1 aromatic carbocycles. The van der Waals surface area contributed by atoms with Gasteiger partial charge in [0.2, 0.25) is 0 Å². The van der Waals surface area contributed by atoms with Gasteiger partial charge in [-0.2, -0.15) is 11.8 Å². The van der Waals surface area contributed by atoms with Crippen LogP contribution in [0.25, 0.3) is 0 Å². The minimum Gasteiger partial charge on any atom is -0.323 e. The highest BCUT2D eigenvalue weighted by atomic mass is 32.2. The van der Waals surface area contributed by atoms with Crippen LogP contribution in [-0.2, 0) is 0 Å². The Balaban J connectivity index is 2.48. The van der Waals surface area contributed by atoms with Gasteiger partial charge in [-0.3, -0.25) is 0 Å². The highest BCUT2D eigenvalue weighted by molar-refractivity contribution is 8.00. The van der Waals surface area contributed by atoms with Crippen LogP contribution in [0.2, 0.25) is 0 Å². The molecule has 0 bridgehead atoms. The van der Waals surface area contributed by atoms with E-state index in [1.165, 1.54) is 5.56 Å². The third-order valence-corrected chi connectivity index (χ3v) is 3.32. The smallest absolute Gasteiger partial charge is 0.0386 e. The highest BCUT2D eigenvalue weighted by Crippen LogP contribution is 2.27. The number of hydrogen-bond acceptors (Lipinski definition) is 2. The van der Waals surface area contributed by atoms with Gasteiger partial charge >= 0.3 is 0 Å². The van der Waals surface area contributed by atoms with E-state index in [9.17, 15) is 0 Å². The lowest BCUT2D eigenvalue weighted by atomic mass is 10.1. The van der Waals surface area contributed by atoms with E-state index in [4.69, 9.17) is 5.73 Å². The van der Waals surface area contributed by atoms with Crippen molar-refractivity contribution >= 4 is 11.8 Å². The predicted molar refractivity (Wildman–Crippen MR) is 65.6 cm³/mol. The van der Waals surface area contributed by atoms with E-state index in [1.54, 1.807) is 0 Å². The van der Waals surface area contributed by atoms with Crippen molar-refractivity contribution < 1.29 is 0 Å². The Morgan fingerprint density at radius 2 is 1.79 bits per heavy atom. The normalized spacial score (nSPS) is 14.0. The summed E-state index contributed by atoms with van der Waals surface area (Å²) in [5.41, 5.74) is 7.31. The van der Waals surface area contributed by atoms with E-state index < -0.39 is 0 Å². The average molecular weight is 209 g/mol. The molecule has 0 heterocycles. The average Bonchev–Trinajstić information content (AvgIpc) is 2.14. The first-order valence-corrected chi connectivity index (χ1v) is 5.92. The zero-order valence-corrected chi connectivity index (χ0v) is 9.97. The van der Waals surface area contributed by atoms with Crippen molar-refractivity contribution in [2.75, 3.05) is 5.75 Å². The lowest BCUT2D eigenvalue weighted by Crippen LogP contribution is -2.17. The molecule has 0 saturated carbocycles. The lowest BCUT2D eigenvalue weighted by molar-refractivity contribution is 0.779. The Hall–Kier alpha value is -0.470. The molecule has 1 unspecified atom stereocenters. The number of nitrogens with two attached hydrogens (primary N) is 1. The molecule has 0 aliphatic heterocycles. The summed E-state index contributed by atoms with van der Waals surface area (Å²) in [6.45, 7) is 6.65. The van der Waals surface area contributed by atoms with Gasteiger partial charge in [-0.1, -0.05) is 51.1 Å². The second-order valence-electron chi connectivity index (χ2n) is 4.44. The van der Waals surface area contributed by atoms with Crippen LogP contribution in [0.4, 0.5) is 0 Å². The molecule has 0 radical (unpaired) electrons. The Kier molecular flexibility index (Phi) is 4.02. The molecule has 0 aromatic heterocycles. The molecular weight excluding hydrogens is 190 g/mol. The van der Waals surface area contributed by atoms with E-state index in [0.717, 1.165) is 5.75 Å². The van der Waals surface area contributed by atoms with Gasteiger partial charge in [-0.25, -0.2) is 0 Å². The molecule has 1 nitrogen and oxygen atoms in total. The van der Waals surface area contributed by atoms with E-state index in [-0.39, 0.29) is 6.04 Å². The van der Waals surface area contributed by atoms with Crippen LogP contribution in [0.1, 0.15) is 32.4 Å². The summed E-state index contributed by atoms with van der Waals surface area (Å²) < 4.78 is 0.298. The Morgan fingerprint density at radius 3 is 2.29 bits per heavy atom. The Morgan fingerprint density at radius 1 is 1.21 bits per heavy atom. The van der Waals surface area contributed by atoms with Gasteiger partial charge in [0.15, 0.2) is 0 Å². The molecule has 0 aliphatic rings. The largest absolute Gasteiger partial charge is 0.323 e. The fourth-order valence-corrected chi connectivity index (χ4v) is 2.01. The monoisotopic (exact) mass is 209 g/mol. The molecular formula is C12H19NS. The quantitative estimate of drug-likeness (QED) is 0.827. The molecule has 14 heavy (non-hydrogen) atoms. The van der Waals surface area contributed by atoms with E-state index in [1.807, 2.05) is 30.0 Å². The van der Waals surface area contributed by atoms with Crippen molar-refractivity contribution in [1.82, 2.24) is 0 Å². The minimum absolute atomic E-state index is 0.153. The predicted octanol–water partition coefficient (Wildman–Crippen LogP) is 3.22. The zero-order chi connectivity index (χ0) is 10.6. The van der Waals surface area contributed by atoms with Crippen LogP contribution >= 0.6 is 11.8 Å². The van der Waals surface area contributed by atoms with Gasteiger partial charge < -0.3 is 5.73 Å². The van der Waals surface area contributed by atoms with Crippen molar-refractivity contribution in [1.29, 1.82) is 0 Å². The molecule has 0 spiro atoms. The summed E-state index contributed by atoms with van der Waals surface area (Å²) in [7, 11) is 0. The van der Waals surface area contributed by atoms with Crippen molar-refractivity contribution in [2.24, 2.45) is 5.73 Å². The SMILES string of the molecule is CC(C)(C)SCC(N)c1ccccc1. The van der Waals surface area contributed by atoms with E-state index in [0.29, 0.717) is 4.75 Å². The summed E-state index contributed by atoms with van der Waals surface area (Å²) in [6.07, 6.45) is 0. The van der Waals surface area contributed by atoms with Crippen molar-refractivity contribution in [3.8, 4) is 0 Å². The van der Waals surface area contributed by atoms with Gasteiger partial charge in [-0.15, -0.1) is 0 Å². The van der Waals surface area contributed by atoms with Crippen LogP contribution in [-0.4, -0.2) is 10.5 Å². The summed E-state index contributed by atoms with van der Waals surface area (Å²) >= 11 is 1.91. The highest BCUT2D eigenvalue weighted by Gasteiger charge is 2.13. The topological polar surface area (TPSA) is 26.0 Å². The molecule has 0 aliphatic carbocycles. The summed E-state index contributed by atoms with van der Waals surface area (Å²) in [4.78, 5) is 0. The summed E-state index contributed by atoms with van der Waals surface area (Å²) in [6, 6.07) is 10.4. The zero-order valence-electron chi connectivity index (χ0n) is 9.16. The van der Waals surface area contributed by atoms with Gasteiger partial charge in [0.1, 0.15) is 0 Å². The number of thioether (sulfide) groups is 1. The van der Waals surface area contributed by atoms with Gasteiger partial charge in [0.05, 0.1) is 0 Å². The maximum absolute atomic E-state index is 6.08. The van der Waals surface area contributed by atoms with Crippen LogP contribution in [0.5, 0.6) is 0 Å². The second kappa shape index (κ2) is 4.85. The molecule has 1 atom stereocenters. The van der Waals surface area contributed by atoms with Gasteiger partial charge in [-0.05, 0) is 5.56 Å². The molecule has 0 fully saturated rings. The fourth-order valence-electron chi connectivity index (χ4n) is 1.14. The number of rotatable bonds is 3. The second-order valence-corrected chi connectivity index (χ2v) is 6.29. The third-order valence-electron chi connectivity index (χ3n) is 1.92. The van der Waals surface area contributed by atoms with Crippen molar-refractivity contribution in [3.63, 3.8) is 0 Å². The van der Waals surface area contributed by atoms with Crippen LogP contribution in [0.3, 0.4) is 0 Å². The van der Waals surface area contributed by atoms with Crippen LogP contribution < -0.4 is 5.73 Å². The van der Waals surface area contributed by atoms with E-state index >= 15 is 0 Å². The van der Waals surface area contributed by atoms with Crippen molar-refractivity contribution in [2.45, 2.75) is 31.6 Å². The van der Waals surface area contributed by atoms with Gasteiger partial charge in [0.25, 0.3) is 0 Å². The van der Waals surface area contributed by atoms with E-state index in [2.05, 4.69) is 32.9 Å².